The number of halogens is 3. The van der Waals surface area contributed by atoms with Crippen LogP contribution in [-0.4, -0.2) is 43.2 Å². The average molecular weight is 535 g/mol. The molecule has 1 aromatic carbocycles. The van der Waals surface area contributed by atoms with Crippen LogP contribution < -0.4 is 11.1 Å². The molecule has 1 aromatic rings. The molecule has 5 saturated carbocycles. The molecule has 0 aliphatic heterocycles. The van der Waals surface area contributed by atoms with Crippen molar-refractivity contribution in [3.8, 4) is 0 Å². The van der Waals surface area contributed by atoms with Crippen LogP contribution in [0.3, 0.4) is 0 Å². The van der Waals surface area contributed by atoms with E-state index in [0.29, 0.717) is 31.6 Å². The molecule has 7 nitrogen and oxygen atoms in total. The monoisotopic (exact) mass is 533 g/mol. The number of rotatable bonds is 7. The molecule has 4 bridgehead atoms. The van der Waals surface area contributed by atoms with Crippen LogP contribution in [0.25, 0.3) is 0 Å². The summed E-state index contributed by atoms with van der Waals surface area (Å²) in [4.78, 5) is 25.1. The van der Waals surface area contributed by atoms with Crippen molar-refractivity contribution < 1.29 is 18.0 Å². The lowest BCUT2D eigenvalue weighted by Crippen LogP contribution is -2.62. The van der Waals surface area contributed by atoms with Gasteiger partial charge in [-0.3, -0.25) is 9.59 Å². The average Bonchev–Trinajstić information content (AvgIpc) is 3.56. The van der Waals surface area contributed by atoms with Gasteiger partial charge in [-0.1, -0.05) is 34.8 Å². The topological polar surface area (TPSA) is 110 Å². The number of carbonyl (C=O) groups excluding carboxylic acids is 2. The molecule has 0 saturated heterocycles. The van der Waals surface area contributed by atoms with Crippen LogP contribution in [0.1, 0.15) is 44.9 Å². The summed E-state index contributed by atoms with van der Waals surface area (Å²) in [6.07, 6.45) is 5.56. The third-order valence-electron chi connectivity index (χ3n) is 7.94. The lowest BCUT2D eigenvalue weighted by Gasteiger charge is -2.58. The number of amides is 2. The number of carbonyl (C=O) groups is 2. The van der Waals surface area contributed by atoms with E-state index in [0.717, 1.165) is 19.3 Å². The molecule has 0 spiro atoms. The zero-order valence-corrected chi connectivity index (χ0v) is 21.0. The van der Waals surface area contributed by atoms with E-state index in [-0.39, 0.29) is 62.2 Å². The van der Waals surface area contributed by atoms with Gasteiger partial charge in [-0.2, -0.15) is 4.31 Å². The van der Waals surface area contributed by atoms with Gasteiger partial charge in [0.1, 0.15) is 4.90 Å². The van der Waals surface area contributed by atoms with Gasteiger partial charge in [0.2, 0.25) is 21.8 Å². The van der Waals surface area contributed by atoms with Gasteiger partial charge in [0.25, 0.3) is 0 Å². The van der Waals surface area contributed by atoms with Crippen molar-refractivity contribution in [3.63, 3.8) is 0 Å². The number of sulfonamides is 1. The molecule has 5 fully saturated rings. The predicted molar refractivity (Wildman–Crippen MR) is 125 cm³/mol. The lowest BCUT2D eigenvalue weighted by molar-refractivity contribution is -0.147. The Kier molecular flexibility index (Phi) is 5.93. The highest BCUT2D eigenvalue weighted by molar-refractivity contribution is 7.89. The van der Waals surface area contributed by atoms with Gasteiger partial charge in [-0.05, 0) is 74.8 Å². The van der Waals surface area contributed by atoms with E-state index < -0.39 is 15.4 Å². The maximum Gasteiger partial charge on any atom is 0.245 e. The Labute approximate surface area is 208 Å². The summed E-state index contributed by atoms with van der Waals surface area (Å²) >= 11 is 18.2. The van der Waals surface area contributed by atoms with E-state index in [1.165, 1.54) is 16.4 Å². The van der Waals surface area contributed by atoms with Crippen molar-refractivity contribution in [2.75, 3.05) is 6.54 Å². The van der Waals surface area contributed by atoms with E-state index in [1.807, 2.05) is 0 Å². The molecule has 6 rings (SSSR count). The molecule has 0 aromatic heterocycles. The van der Waals surface area contributed by atoms with Crippen molar-refractivity contribution in [3.05, 3.63) is 27.2 Å². The molecular formula is C22H26Cl3N3O4S. The van der Waals surface area contributed by atoms with E-state index in [2.05, 4.69) is 5.32 Å². The van der Waals surface area contributed by atoms with E-state index in [4.69, 9.17) is 40.5 Å². The third kappa shape index (κ3) is 4.16. The minimum absolute atomic E-state index is 0.0340. The van der Waals surface area contributed by atoms with Crippen LogP contribution in [0.5, 0.6) is 0 Å². The van der Waals surface area contributed by atoms with Crippen LogP contribution in [0.4, 0.5) is 0 Å². The van der Waals surface area contributed by atoms with Crippen molar-refractivity contribution in [1.29, 1.82) is 0 Å². The fraction of sp³-hybridized carbons (Fsp3) is 0.636. The number of primary amides is 1. The first-order valence-corrected chi connectivity index (χ1v) is 13.8. The number of nitrogens with two attached hydrogens (primary N) is 1. The first-order chi connectivity index (χ1) is 15.5. The molecule has 180 valence electrons. The van der Waals surface area contributed by atoms with Gasteiger partial charge in [0.05, 0.1) is 21.6 Å². The molecule has 2 atom stereocenters. The Morgan fingerprint density at radius 3 is 2.21 bits per heavy atom. The minimum Gasteiger partial charge on any atom is -0.369 e. The SMILES string of the molecule is NC(=O)C12CC3CC(C1)C(NC(=O)CN(C1CC1)S(=O)(=O)c1cc(Cl)c(Cl)cc1Cl)C(C3)C2. The van der Waals surface area contributed by atoms with Crippen molar-refractivity contribution in [2.45, 2.75) is 61.9 Å². The number of nitrogens with one attached hydrogen (secondary N) is 1. The number of hydrogen-bond acceptors (Lipinski definition) is 4. The quantitative estimate of drug-likeness (QED) is 0.521. The van der Waals surface area contributed by atoms with Crippen molar-refractivity contribution >= 4 is 56.6 Å². The van der Waals surface area contributed by atoms with Gasteiger partial charge in [0, 0.05) is 17.5 Å². The lowest BCUT2D eigenvalue weighted by atomic mass is 9.47. The zero-order chi connectivity index (χ0) is 23.7. The van der Waals surface area contributed by atoms with Crippen LogP contribution in [0.15, 0.2) is 17.0 Å². The molecule has 11 heteroatoms. The molecule has 3 N–H and O–H groups in total. The minimum atomic E-state index is -4.05. The molecule has 5 aliphatic rings. The van der Waals surface area contributed by atoms with Gasteiger partial charge in [-0.15, -0.1) is 0 Å². The summed E-state index contributed by atoms with van der Waals surface area (Å²) in [5.41, 5.74) is 5.31. The second-order valence-corrected chi connectivity index (χ2v) is 13.3. The molecule has 5 aliphatic carbocycles. The standard InChI is InChI=1S/C22H26Cl3N3O4S/c23-15-5-17(25)18(6-16(15)24)33(31,32)28(14-1-2-14)10-19(29)27-20-12-3-11-4-13(20)9-22(7-11,8-12)21(26)30/h5-6,11-14,20H,1-4,7-10H2,(H2,26,30)(H,27,29). The fourth-order valence-corrected chi connectivity index (χ4v) is 9.16. The molecule has 2 unspecified atom stereocenters. The summed E-state index contributed by atoms with van der Waals surface area (Å²) in [6, 6.07) is 2.23. The summed E-state index contributed by atoms with van der Waals surface area (Å²) in [5, 5.41) is 3.32. The highest BCUT2D eigenvalue weighted by Gasteiger charge is 2.58. The van der Waals surface area contributed by atoms with Crippen LogP contribution >= 0.6 is 34.8 Å². The van der Waals surface area contributed by atoms with Crippen LogP contribution in [-0.2, 0) is 19.6 Å². The second kappa shape index (κ2) is 8.26. The third-order valence-corrected chi connectivity index (χ3v) is 11.0. The predicted octanol–water partition coefficient (Wildman–Crippen LogP) is 3.60. The highest BCUT2D eigenvalue weighted by Crippen LogP contribution is 2.59. The fourth-order valence-electron chi connectivity index (χ4n) is 6.54. The Hall–Kier alpha value is -1.06. The summed E-state index contributed by atoms with van der Waals surface area (Å²) in [7, 11) is -4.05. The van der Waals surface area contributed by atoms with Gasteiger partial charge < -0.3 is 11.1 Å². The van der Waals surface area contributed by atoms with Crippen molar-refractivity contribution in [2.24, 2.45) is 28.9 Å². The summed E-state index contributed by atoms with van der Waals surface area (Å²) in [6.45, 7) is -0.288. The van der Waals surface area contributed by atoms with Crippen LogP contribution in [0, 0.1) is 23.2 Å². The molecule has 33 heavy (non-hydrogen) atoms. The first kappa shape index (κ1) is 23.7. The number of hydrogen-bond donors (Lipinski definition) is 2. The summed E-state index contributed by atoms with van der Waals surface area (Å²) < 4.78 is 28.0. The normalized spacial score (nSPS) is 32.8. The number of nitrogens with zero attached hydrogens (tertiary/aromatic N) is 1. The van der Waals surface area contributed by atoms with Crippen molar-refractivity contribution in [1.82, 2.24) is 9.62 Å². The Morgan fingerprint density at radius 2 is 1.64 bits per heavy atom. The molecule has 2 amide bonds. The molecular weight excluding hydrogens is 509 g/mol. The van der Waals surface area contributed by atoms with Gasteiger partial charge in [0.15, 0.2) is 0 Å². The summed E-state index contributed by atoms with van der Waals surface area (Å²) in [5.74, 6) is 0.304. The second-order valence-electron chi connectivity index (χ2n) is 10.2. The zero-order valence-electron chi connectivity index (χ0n) is 17.9. The van der Waals surface area contributed by atoms with Crippen LogP contribution in [0.2, 0.25) is 15.1 Å². The Balaban J connectivity index is 1.33. The largest absolute Gasteiger partial charge is 0.369 e. The maximum absolute atomic E-state index is 13.4. The van der Waals surface area contributed by atoms with Gasteiger partial charge in [-0.25, -0.2) is 8.42 Å². The Bertz CT molecular complexity index is 1110. The van der Waals surface area contributed by atoms with Gasteiger partial charge >= 0.3 is 0 Å². The molecule has 0 radical (unpaired) electrons. The van der Waals surface area contributed by atoms with E-state index in [1.54, 1.807) is 0 Å². The smallest absolute Gasteiger partial charge is 0.245 e. The highest BCUT2D eigenvalue weighted by atomic mass is 35.5. The molecule has 0 heterocycles. The maximum atomic E-state index is 13.4. The first-order valence-electron chi connectivity index (χ1n) is 11.3. The Morgan fingerprint density at radius 1 is 1.03 bits per heavy atom. The van der Waals surface area contributed by atoms with E-state index in [9.17, 15) is 18.0 Å². The van der Waals surface area contributed by atoms with E-state index >= 15 is 0 Å². The number of benzene rings is 1.